The number of alkyl halides is 3. The summed E-state index contributed by atoms with van der Waals surface area (Å²) in [6, 6.07) is 3.22. The van der Waals surface area contributed by atoms with Crippen LogP contribution < -0.4 is 5.73 Å². The monoisotopic (exact) mass is 261 g/mol. The van der Waals surface area contributed by atoms with Gasteiger partial charge in [0.15, 0.2) is 0 Å². The predicted molar refractivity (Wildman–Crippen MR) is 60.5 cm³/mol. The summed E-state index contributed by atoms with van der Waals surface area (Å²) in [5.74, 6) is -0.851. The molecule has 0 spiro atoms. The molecule has 100 valence electrons. The molecule has 0 radical (unpaired) electrons. The Labute approximate surface area is 103 Å². The van der Waals surface area contributed by atoms with E-state index in [9.17, 15) is 17.6 Å². The van der Waals surface area contributed by atoms with E-state index in [2.05, 4.69) is 0 Å². The summed E-state index contributed by atoms with van der Waals surface area (Å²) in [4.78, 5) is 0. The Bertz CT molecular complexity index is 427. The highest BCUT2D eigenvalue weighted by Gasteiger charge is 2.35. The van der Waals surface area contributed by atoms with Crippen molar-refractivity contribution in [2.24, 2.45) is 11.7 Å². The van der Waals surface area contributed by atoms with Crippen LogP contribution in [0.2, 0.25) is 0 Å². The lowest BCUT2D eigenvalue weighted by atomic mass is 9.88. The molecule has 5 heteroatoms. The van der Waals surface area contributed by atoms with Crippen molar-refractivity contribution in [1.82, 2.24) is 0 Å². The average molecular weight is 261 g/mol. The van der Waals surface area contributed by atoms with Crippen LogP contribution in [0.1, 0.15) is 36.3 Å². The Hall–Kier alpha value is -1.10. The van der Waals surface area contributed by atoms with E-state index in [0.29, 0.717) is 12.1 Å². The Kier molecular flexibility index (Phi) is 3.61. The van der Waals surface area contributed by atoms with E-state index in [1.54, 1.807) is 0 Å². The van der Waals surface area contributed by atoms with Crippen molar-refractivity contribution in [3.05, 3.63) is 35.1 Å². The quantitative estimate of drug-likeness (QED) is 0.807. The van der Waals surface area contributed by atoms with Crippen molar-refractivity contribution < 1.29 is 17.6 Å². The summed E-state index contributed by atoms with van der Waals surface area (Å²) in [7, 11) is 0. The lowest BCUT2D eigenvalue weighted by molar-refractivity contribution is -0.140. The Morgan fingerprint density at radius 3 is 2.50 bits per heavy atom. The minimum atomic E-state index is -4.63. The van der Waals surface area contributed by atoms with Gasteiger partial charge in [0.1, 0.15) is 5.82 Å². The Morgan fingerprint density at radius 1 is 1.22 bits per heavy atom. The van der Waals surface area contributed by atoms with Crippen LogP contribution >= 0.6 is 0 Å². The van der Waals surface area contributed by atoms with E-state index in [4.69, 9.17) is 5.73 Å². The molecule has 0 bridgehead atoms. The Balaban J connectivity index is 2.29. The van der Waals surface area contributed by atoms with Crippen molar-refractivity contribution in [2.45, 2.75) is 31.4 Å². The van der Waals surface area contributed by atoms with E-state index in [1.165, 1.54) is 6.07 Å². The van der Waals surface area contributed by atoms with Crippen LogP contribution in [0.25, 0.3) is 0 Å². The standard InChI is InChI=1S/C13H15F4N/c14-12-6-8(4-5-11(12)13(15,16)17)10-3-1-2-9(10)7-18/h4-6,9-10H,1-3,7,18H2. The van der Waals surface area contributed by atoms with Gasteiger partial charge in [-0.2, -0.15) is 13.2 Å². The zero-order valence-corrected chi connectivity index (χ0v) is 9.80. The van der Waals surface area contributed by atoms with Crippen molar-refractivity contribution in [2.75, 3.05) is 6.54 Å². The van der Waals surface area contributed by atoms with Crippen LogP contribution in [0.5, 0.6) is 0 Å². The second kappa shape index (κ2) is 4.88. The van der Waals surface area contributed by atoms with Gasteiger partial charge in [-0.05, 0) is 48.9 Å². The molecule has 2 N–H and O–H groups in total. The molecule has 1 saturated carbocycles. The van der Waals surface area contributed by atoms with Crippen molar-refractivity contribution >= 4 is 0 Å². The zero-order chi connectivity index (χ0) is 13.3. The molecule has 2 unspecified atom stereocenters. The summed E-state index contributed by atoms with van der Waals surface area (Å²) in [5.41, 5.74) is 5.06. The highest BCUT2D eigenvalue weighted by atomic mass is 19.4. The minimum Gasteiger partial charge on any atom is -0.330 e. The third kappa shape index (κ3) is 2.51. The second-order valence-electron chi connectivity index (χ2n) is 4.77. The topological polar surface area (TPSA) is 26.0 Å². The first-order valence-corrected chi connectivity index (χ1v) is 6.00. The van der Waals surface area contributed by atoms with Gasteiger partial charge in [0, 0.05) is 0 Å². The molecule has 1 aliphatic carbocycles. The first-order valence-electron chi connectivity index (χ1n) is 6.00. The maximum Gasteiger partial charge on any atom is 0.419 e. The lowest BCUT2D eigenvalue weighted by Crippen LogP contribution is -2.17. The van der Waals surface area contributed by atoms with Gasteiger partial charge in [0.2, 0.25) is 0 Å². The highest BCUT2D eigenvalue weighted by molar-refractivity contribution is 5.29. The molecular formula is C13H15F4N. The molecule has 0 aromatic heterocycles. The summed E-state index contributed by atoms with van der Waals surface area (Å²) < 4.78 is 50.8. The molecule has 2 rings (SSSR count). The molecule has 1 fully saturated rings. The average Bonchev–Trinajstić information content (AvgIpc) is 2.74. The number of hydrogen-bond acceptors (Lipinski definition) is 1. The number of nitrogens with two attached hydrogens (primary N) is 1. The largest absolute Gasteiger partial charge is 0.419 e. The lowest BCUT2D eigenvalue weighted by Gasteiger charge is -2.19. The van der Waals surface area contributed by atoms with Crippen LogP contribution in [-0.4, -0.2) is 6.54 Å². The number of halogens is 4. The van der Waals surface area contributed by atoms with Crippen molar-refractivity contribution in [3.8, 4) is 0 Å². The van der Waals surface area contributed by atoms with Gasteiger partial charge in [0.25, 0.3) is 0 Å². The van der Waals surface area contributed by atoms with Gasteiger partial charge in [-0.3, -0.25) is 0 Å². The van der Waals surface area contributed by atoms with E-state index in [0.717, 1.165) is 31.4 Å². The van der Waals surface area contributed by atoms with Gasteiger partial charge in [-0.1, -0.05) is 12.5 Å². The fourth-order valence-corrected chi connectivity index (χ4v) is 2.75. The van der Waals surface area contributed by atoms with Gasteiger partial charge in [0.05, 0.1) is 5.56 Å². The van der Waals surface area contributed by atoms with Crippen LogP contribution in [0, 0.1) is 11.7 Å². The number of hydrogen-bond donors (Lipinski definition) is 1. The molecule has 18 heavy (non-hydrogen) atoms. The highest BCUT2D eigenvalue weighted by Crippen LogP contribution is 2.40. The number of rotatable bonds is 2. The fraction of sp³-hybridized carbons (Fsp3) is 0.538. The Morgan fingerprint density at radius 2 is 1.94 bits per heavy atom. The molecule has 1 nitrogen and oxygen atoms in total. The summed E-state index contributed by atoms with van der Waals surface area (Å²) in [6.45, 7) is 0.493. The molecule has 1 aromatic rings. The van der Waals surface area contributed by atoms with Crippen LogP contribution in [0.15, 0.2) is 18.2 Å². The molecule has 0 amide bonds. The van der Waals surface area contributed by atoms with Crippen molar-refractivity contribution in [3.63, 3.8) is 0 Å². The zero-order valence-electron chi connectivity index (χ0n) is 9.80. The summed E-state index contributed by atoms with van der Waals surface area (Å²) in [6.07, 6.45) is -1.81. The summed E-state index contributed by atoms with van der Waals surface area (Å²) in [5, 5.41) is 0. The van der Waals surface area contributed by atoms with Crippen LogP contribution in [0.3, 0.4) is 0 Å². The molecule has 0 aliphatic heterocycles. The van der Waals surface area contributed by atoms with Gasteiger partial charge in [-0.15, -0.1) is 0 Å². The van der Waals surface area contributed by atoms with Crippen molar-refractivity contribution in [1.29, 1.82) is 0 Å². The molecular weight excluding hydrogens is 246 g/mol. The molecule has 0 heterocycles. The van der Waals surface area contributed by atoms with Gasteiger partial charge < -0.3 is 5.73 Å². The van der Waals surface area contributed by atoms with E-state index < -0.39 is 17.6 Å². The maximum absolute atomic E-state index is 13.5. The minimum absolute atomic E-state index is 0.0896. The third-order valence-electron chi connectivity index (χ3n) is 3.69. The summed E-state index contributed by atoms with van der Waals surface area (Å²) >= 11 is 0. The van der Waals surface area contributed by atoms with Gasteiger partial charge >= 0.3 is 6.18 Å². The van der Waals surface area contributed by atoms with E-state index in [1.807, 2.05) is 0 Å². The molecule has 1 aliphatic rings. The molecule has 1 aromatic carbocycles. The second-order valence-corrected chi connectivity index (χ2v) is 4.77. The fourth-order valence-electron chi connectivity index (χ4n) is 2.75. The third-order valence-corrected chi connectivity index (χ3v) is 3.69. The maximum atomic E-state index is 13.5. The SMILES string of the molecule is NCC1CCCC1c1ccc(C(F)(F)F)c(F)c1. The van der Waals surface area contributed by atoms with Crippen LogP contribution in [-0.2, 0) is 6.18 Å². The smallest absolute Gasteiger partial charge is 0.330 e. The molecule has 2 atom stereocenters. The first kappa shape index (κ1) is 13.3. The first-order chi connectivity index (χ1) is 8.43. The normalized spacial score (nSPS) is 24.5. The van der Waals surface area contributed by atoms with E-state index in [-0.39, 0.29) is 11.8 Å². The van der Waals surface area contributed by atoms with Gasteiger partial charge in [-0.25, -0.2) is 4.39 Å². The predicted octanol–water partition coefficient (Wildman–Crippen LogP) is 3.69. The van der Waals surface area contributed by atoms with E-state index >= 15 is 0 Å². The van der Waals surface area contributed by atoms with Crippen LogP contribution in [0.4, 0.5) is 17.6 Å². The number of benzene rings is 1. The molecule has 0 saturated heterocycles.